The van der Waals surface area contributed by atoms with Crippen molar-refractivity contribution in [3.63, 3.8) is 0 Å². The molecule has 88 valence electrons. The number of oxazole rings is 1. The van der Waals surface area contributed by atoms with E-state index in [1.807, 2.05) is 0 Å². The topological polar surface area (TPSA) is 89.1 Å². The molecule has 0 aliphatic carbocycles. The normalized spacial score (nSPS) is 10.7. The van der Waals surface area contributed by atoms with Crippen LogP contribution in [0.15, 0.2) is 41.1 Å². The summed E-state index contributed by atoms with van der Waals surface area (Å²) in [4.78, 5) is 15.1. The first kappa shape index (κ1) is 10.4. The molecule has 0 bridgehead atoms. The molecule has 2 aromatic heterocycles. The highest BCUT2D eigenvalue weighted by Crippen LogP contribution is 2.23. The fourth-order valence-electron chi connectivity index (χ4n) is 1.60. The minimum Gasteiger partial charge on any atom is -0.478 e. The van der Waals surface area contributed by atoms with E-state index in [1.54, 1.807) is 12.1 Å². The third kappa shape index (κ3) is 1.69. The average Bonchev–Trinajstić information content (AvgIpc) is 2.82. The second-order valence-corrected chi connectivity index (χ2v) is 3.64. The Balaban J connectivity index is 2.14. The van der Waals surface area contributed by atoms with Crippen LogP contribution in [0.5, 0.6) is 0 Å². The molecule has 0 amide bonds. The van der Waals surface area contributed by atoms with Crippen LogP contribution in [-0.2, 0) is 0 Å². The van der Waals surface area contributed by atoms with E-state index in [4.69, 9.17) is 9.52 Å². The van der Waals surface area contributed by atoms with E-state index in [2.05, 4.69) is 15.2 Å². The van der Waals surface area contributed by atoms with Gasteiger partial charge < -0.3 is 9.52 Å². The molecular formula is C12H7N3O3. The molecule has 6 nitrogen and oxygen atoms in total. The van der Waals surface area contributed by atoms with Crippen molar-refractivity contribution in [3.8, 4) is 11.5 Å². The van der Waals surface area contributed by atoms with Crippen LogP contribution in [-0.4, -0.2) is 26.3 Å². The van der Waals surface area contributed by atoms with Gasteiger partial charge in [0.25, 0.3) is 0 Å². The van der Waals surface area contributed by atoms with Crippen molar-refractivity contribution in [2.24, 2.45) is 0 Å². The van der Waals surface area contributed by atoms with Crippen LogP contribution in [0.3, 0.4) is 0 Å². The van der Waals surface area contributed by atoms with Crippen molar-refractivity contribution in [2.75, 3.05) is 0 Å². The summed E-state index contributed by atoms with van der Waals surface area (Å²) in [6.07, 6.45) is 3.07. The molecule has 0 unspecified atom stereocenters. The standard InChI is InChI=1S/C12H7N3O3/c16-12(17)7-1-2-10-9(5-7)15-11(18-10)8-3-4-13-14-6-8/h1-6H,(H,16,17). The van der Waals surface area contributed by atoms with Crippen LogP contribution >= 0.6 is 0 Å². The van der Waals surface area contributed by atoms with E-state index in [-0.39, 0.29) is 5.56 Å². The molecule has 1 aromatic carbocycles. The Kier molecular flexibility index (Phi) is 2.26. The first-order chi connectivity index (χ1) is 8.74. The third-order valence-corrected chi connectivity index (χ3v) is 2.47. The fourth-order valence-corrected chi connectivity index (χ4v) is 1.60. The maximum Gasteiger partial charge on any atom is 0.335 e. The van der Waals surface area contributed by atoms with Crippen LogP contribution in [0.1, 0.15) is 10.4 Å². The zero-order valence-corrected chi connectivity index (χ0v) is 9.07. The maximum absolute atomic E-state index is 10.8. The average molecular weight is 241 g/mol. The van der Waals surface area contributed by atoms with E-state index in [0.29, 0.717) is 22.6 Å². The van der Waals surface area contributed by atoms with Gasteiger partial charge in [0.2, 0.25) is 5.89 Å². The first-order valence-electron chi connectivity index (χ1n) is 5.15. The van der Waals surface area contributed by atoms with Gasteiger partial charge in [-0.05, 0) is 24.3 Å². The van der Waals surface area contributed by atoms with Gasteiger partial charge in [0, 0.05) is 0 Å². The van der Waals surface area contributed by atoms with E-state index in [0.717, 1.165) is 0 Å². The lowest BCUT2D eigenvalue weighted by atomic mass is 10.2. The lowest BCUT2D eigenvalue weighted by molar-refractivity contribution is 0.0697. The molecule has 2 heterocycles. The van der Waals surface area contributed by atoms with Crippen molar-refractivity contribution in [1.82, 2.24) is 15.2 Å². The number of hydrogen-bond donors (Lipinski definition) is 1. The number of carboxylic acids is 1. The molecule has 6 heteroatoms. The van der Waals surface area contributed by atoms with Crippen LogP contribution in [0.4, 0.5) is 0 Å². The van der Waals surface area contributed by atoms with Crippen molar-refractivity contribution in [2.45, 2.75) is 0 Å². The lowest BCUT2D eigenvalue weighted by Gasteiger charge is -1.91. The molecule has 0 aliphatic heterocycles. The Morgan fingerprint density at radius 1 is 1.22 bits per heavy atom. The predicted octanol–water partition coefficient (Wildman–Crippen LogP) is 1.98. The number of aromatic nitrogens is 3. The molecule has 0 saturated heterocycles. The zero-order chi connectivity index (χ0) is 12.5. The molecule has 0 spiro atoms. The minimum absolute atomic E-state index is 0.176. The lowest BCUT2D eigenvalue weighted by Crippen LogP contribution is -1.94. The Labute approximate surface area is 101 Å². The van der Waals surface area contributed by atoms with Gasteiger partial charge in [-0.2, -0.15) is 10.2 Å². The maximum atomic E-state index is 10.8. The Morgan fingerprint density at radius 2 is 2.11 bits per heavy atom. The van der Waals surface area contributed by atoms with Gasteiger partial charge >= 0.3 is 5.97 Å². The van der Waals surface area contributed by atoms with E-state index in [9.17, 15) is 4.79 Å². The van der Waals surface area contributed by atoms with Gasteiger partial charge in [-0.25, -0.2) is 9.78 Å². The number of hydrogen-bond acceptors (Lipinski definition) is 5. The molecule has 3 rings (SSSR count). The summed E-state index contributed by atoms with van der Waals surface area (Å²) in [5.41, 5.74) is 1.90. The highest BCUT2D eigenvalue weighted by atomic mass is 16.4. The summed E-state index contributed by atoms with van der Waals surface area (Å²) >= 11 is 0. The largest absolute Gasteiger partial charge is 0.478 e. The van der Waals surface area contributed by atoms with Crippen LogP contribution < -0.4 is 0 Å². The highest BCUT2D eigenvalue weighted by Gasteiger charge is 2.11. The van der Waals surface area contributed by atoms with Crippen LogP contribution in [0, 0.1) is 0 Å². The van der Waals surface area contributed by atoms with E-state index < -0.39 is 5.97 Å². The second kappa shape index (κ2) is 3.92. The smallest absolute Gasteiger partial charge is 0.335 e. The van der Waals surface area contributed by atoms with Gasteiger partial charge in [-0.15, -0.1) is 0 Å². The molecular weight excluding hydrogens is 234 g/mol. The summed E-state index contributed by atoms with van der Waals surface area (Å²) in [5.74, 6) is -0.602. The number of aromatic carboxylic acids is 1. The molecule has 18 heavy (non-hydrogen) atoms. The van der Waals surface area contributed by atoms with Crippen molar-refractivity contribution < 1.29 is 14.3 Å². The molecule has 1 N–H and O–H groups in total. The van der Waals surface area contributed by atoms with Crippen molar-refractivity contribution in [3.05, 3.63) is 42.2 Å². The molecule has 0 atom stereocenters. The van der Waals surface area contributed by atoms with Gasteiger partial charge in [0.1, 0.15) is 5.52 Å². The Hall–Kier alpha value is -2.76. The monoisotopic (exact) mass is 241 g/mol. The van der Waals surface area contributed by atoms with Gasteiger partial charge in [-0.3, -0.25) is 0 Å². The SMILES string of the molecule is O=C(O)c1ccc2oc(-c3ccnnc3)nc2c1. The molecule has 3 aromatic rings. The minimum atomic E-state index is -0.993. The number of rotatable bonds is 2. The van der Waals surface area contributed by atoms with Gasteiger partial charge in [-0.1, -0.05) is 0 Å². The Morgan fingerprint density at radius 3 is 2.83 bits per heavy atom. The van der Waals surface area contributed by atoms with Crippen LogP contribution in [0.25, 0.3) is 22.6 Å². The van der Waals surface area contributed by atoms with Crippen molar-refractivity contribution in [1.29, 1.82) is 0 Å². The van der Waals surface area contributed by atoms with Crippen LogP contribution in [0.2, 0.25) is 0 Å². The number of carbonyl (C=O) groups is 1. The highest BCUT2D eigenvalue weighted by molar-refractivity contribution is 5.92. The van der Waals surface area contributed by atoms with E-state index >= 15 is 0 Å². The summed E-state index contributed by atoms with van der Waals surface area (Å²) in [6, 6.07) is 6.25. The summed E-state index contributed by atoms with van der Waals surface area (Å²) < 4.78 is 5.52. The molecule has 0 radical (unpaired) electrons. The third-order valence-electron chi connectivity index (χ3n) is 2.47. The fraction of sp³-hybridized carbons (Fsp3) is 0. The number of carboxylic acid groups (broad SMARTS) is 1. The van der Waals surface area contributed by atoms with Crippen molar-refractivity contribution >= 4 is 17.1 Å². The molecule has 0 saturated carbocycles. The second-order valence-electron chi connectivity index (χ2n) is 3.64. The summed E-state index contributed by atoms with van der Waals surface area (Å²) in [7, 11) is 0. The first-order valence-corrected chi connectivity index (χ1v) is 5.15. The Bertz CT molecular complexity index is 722. The summed E-state index contributed by atoms with van der Waals surface area (Å²) in [5, 5.41) is 16.3. The number of nitrogens with zero attached hydrogens (tertiary/aromatic N) is 3. The molecule has 0 fully saturated rings. The summed E-state index contributed by atoms with van der Waals surface area (Å²) in [6.45, 7) is 0. The predicted molar refractivity (Wildman–Crippen MR) is 62.0 cm³/mol. The van der Waals surface area contributed by atoms with E-state index in [1.165, 1.54) is 24.5 Å². The number of benzene rings is 1. The van der Waals surface area contributed by atoms with Gasteiger partial charge in [0.15, 0.2) is 5.58 Å². The molecule has 0 aliphatic rings. The quantitative estimate of drug-likeness (QED) is 0.737. The number of fused-ring (bicyclic) bond motifs is 1. The zero-order valence-electron chi connectivity index (χ0n) is 9.07. The van der Waals surface area contributed by atoms with Gasteiger partial charge in [0.05, 0.1) is 23.5 Å².